The number of anilines is 1. The minimum absolute atomic E-state index is 0.0367. The molecule has 0 aliphatic rings. The van der Waals surface area contributed by atoms with Gasteiger partial charge in [0.15, 0.2) is 18.1 Å². The summed E-state index contributed by atoms with van der Waals surface area (Å²) in [7, 11) is 1.41. The molecule has 7 nitrogen and oxygen atoms in total. The van der Waals surface area contributed by atoms with E-state index in [1.165, 1.54) is 37.4 Å². The van der Waals surface area contributed by atoms with Gasteiger partial charge < -0.3 is 15.0 Å². The highest BCUT2D eigenvalue weighted by atomic mass is 19.1. The van der Waals surface area contributed by atoms with Crippen LogP contribution in [0.3, 0.4) is 0 Å². The fraction of sp³-hybridized carbons (Fsp3) is 0.278. The number of carbonyl (C=O) groups is 1. The lowest BCUT2D eigenvalue weighted by atomic mass is 10.2. The Balaban J connectivity index is 1.95. The topological polar surface area (TPSA) is 85.9 Å². The van der Waals surface area contributed by atoms with Crippen molar-refractivity contribution in [1.29, 1.82) is 0 Å². The van der Waals surface area contributed by atoms with E-state index in [1.807, 2.05) is 6.92 Å². The molecular weight excluding hydrogens is 341 g/mol. The zero-order valence-electron chi connectivity index (χ0n) is 14.6. The number of carbonyl (C=O) groups excluding carboxylic acids is 1. The summed E-state index contributed by atoms with van der Waals surface area (Å²) < 4.78 is 18.7. The standard InChI is InChI=1S/C18H20FN3O4/c1-3-21(11-13-4-9-17(26-2)16(19)10-13)12-18(23)20-14-5-7-15(8-6-14)22(24)25/h4-10H,3,11-12H2,1-2H3,(H,20,23)/p+1. The average Bonchev–Trinajstić information content (AvgIpc) is 2.61. The lowest BCUT2D eigenvalue weighted by Crippen LogP contribution is -3.11. The van der Waals surface area contributed by atoms with Gasteiger partial charge in [0.05, 0.1) is 18.6 Å². The third-order valence-corrected chi connectivity index (χ3v) is 3.94. The molecule has 2 aromatic rings. The monoisotopic (exact) mass is 362 g/mol. The van der Waals surface area contributed by atoms with Crippen LogP contribution in [0.4, 0.5) is 15.8 Å². The van der Waals surface area contributed by atoms with Crippen molar-refractivity contribution < 1.29 is 23.7 Å². The van der Waals surface area contributed by atoms with E-state index in [0.29, 0.717) is 18.8 Å². The number of ether oxygens (including phenoxy) is 1. The van der Waals surface area contributed by atoms with Gasteiger partial charge >= 0.3 is 0 Å². The number of hydrogen-bond acceptors (Lipinski definition) is 4. The van der Waals surface area contributed by atoms with E-state index in [0.717, 1.165) is 10.5 Å². The number of hydrogen-bond donors (Lipinski definition) is 2. The number of nitro groups is 1. The summed E-state index contributed by atoms with van der Waals surface area (Å²) in [6, 6.07) is 10.4. The highest BCUT2D eigenvalue weighted by Gasteiger charge is 2.15. The second kappa shape index (κ2) is 8.91. The second-order valence-corrected chi connectivity index (χ2v) is 5.78. The predicted molar refractivity (Wildman–Crippen MR) is 94.8 cm³/mol. The minimum atomic E-state index is -0.497. The summed E-state index contributed by atoms with van der Waals surface area (Å²) in [5.41, 5.74) is 1.22. The number of methoxy groups -OCH3 is 1. The van der Waals surface area contributed by atoms with Crippen molar-refractivity contribution in [1.82, 2.24) is 0 Å². The van der Waals surface area contributed by atoms with Crippen LogP contribution in [0, 0.1) is 15.9 Å². The summed E-state index contributed by atoms with van der Waals surface area (Å²) in [6.07, 6.45) is 0. The van der Waals surface area contributed by atoms with Crippen molar-refractivity contribution >= 4 is 17.3 Å². The van der Waals surface area contributed by atoms with Crippen LogP contribution < -0.4 is 15.0 Å². The van der Waals surface area contributed by atoms with Gasteiger partial charge in [0.2, 0.25) is 0 Å². The van der Waals surface area contributed by atoms with Crippen LogP contribution in [-0.4, -0.2) is 31.0 Å². The molecule has 1 unspecified atom stereocenters. The number of amides is 1. The maximum atomic E-state index is 13.8. The minimum Gasteiger partial charge on any atom is -0.494 e. The first kappa shape index (κ1) is 19.3. The quantitative estimate of drug-likeness (QED) is 0.554. The summed E-state index contributed by atoms with van der Waals surface area (Å²) in [5.74, 6) is -0.469. The first-order chi connectivity index (χ1) is 12.4. The molecule has 1 amide bonds. The van der Waals surface area contributed by atoms with Gasteiger partial charge in [0.25, 0.3) is 11.6 Å². The third kappa shape index (κ3) is 5.25. The Labute approximate surface area is 150 Å². The molecule has 0 spiro atoms. The second-order valence-electron chi connectivity index (χ2n) is 5.78. The number of quaternary nitrogens is 1. The van der Waals surface area contributed by atoms with E-state index in [9.17, 15) is 19.3 Å². The molecular formula is C18H21FN3O4+. The van der Waals surface area contributed by atoms with Crippen LogP contribution in [0.25, 0.3) is 0 Å². The molecule has 0 bridgehead atoms. The molecule has 2 N–H and O–H groups in total. The van der Waals surface area contributed by atoms with Crippen molar-refractivity contribution in [3.8, 4) is 5.75 Å². The molecule has 0 radical (unpaired) electrons. The van der Waals surface area contributed by atoms with E-state index >= 15 is 0 Å². The zero-order valence-corrected chi connectivity index (χ0v) is 14.6. The molecule has 0 aliphatic heterocycles. The van der Waals surface area contributed by atoms with E-state index in [2.05, 4.69) is 5.32 Å². The first-order valence-corrected chi connectivity index (χ1v) is 8.13. The highest BCUT2D eigenvalue weighted by Crippen LogP contribution is 2.17. The predicted octanol–water partition coefficient (Wildman–Crippen LogP) is 1.79. The zero-order chi connectivity index (χ0) is 19.1. The van der Waals surface area contributed by atoms with E-state index in [1.54, 1.807) is 12.1 Å². The van der Waals surface area contributed by atoms with Crippen LogP contribution in [0.15, 0.2) is 42.5 Å². The summed E-state index contributed by atoms with van der Waals surface area (Å²) in [6.45, 7) is 3.31. The first-order valence-electron chi connectivity index (χ1n) is 8.13. The normalized spacial score (nSPS) is 11.7. The van der Waals surface area contributed by atoms with Crippen LogP contribution in [0.5, 0.6) is 5.75 Å². The Morgan fingerprint density at radius 2 is 1.96 bits per heavy atom. The van der Waals surface area contributed by atoms with Gasteiger partial charge in [-0.2, -0.15) is 0 Å². The molecule has 0 aromatic heterocycles. The lowest BCUT2D eigenvalue weighted by molar-refractivity contribution is -0.903. The number of nitrogens with one attached hydrogen (secondary N) is 2. The molecule has 0 saturated carbocycles. The highest BCUT2D eigenvalue weighted by molar-refractivity contribution is 5.91. The van der Waals surface area contributed by atoms with Gasteiger partial charge in [-0.3, -0.25) is 14.9 Å². The van der Waals surface area contributed by atoms with Crippen LogP contribution in [-0.2, 0) is 11.3 Å². The smallest absolute Gasteiger partial charge is 0.279 e. The molecule has 0 fully saturated rings. The van der Waals surface area contributed by atoms with Gasteiger partial charge in [0.1, 0.15) is 6.54 Å². The van der Waals surface area contributed by atoms with Gasteiger partial charge in [-0.1, -0.05) is 0 Å². The third-order valence-electron chi connectivity index (χ3n) is 3.94. The molecule has 2 aromatic carbocycles. The molecule has 1 atom stereocenters. The van der Waals surface area contributed by atoms with Crippen molar-refractivity contribution in [3.05, 3.63) is 64.0 Å². The average molecular weight is 362 g/mol. The van der Waals surface area contributed by atoms with Gasteiger partial charge in [0, 0.05) is 23.4 Å². The number of likely N-dealkylation sites (N-methyl/N-ethyl adjacent to an activating group) is 1. The Morgan fingerprint density at radius 1 is 1.27 bits per heavy atom. The fourth-order valence-corrected chi connectivity index (χ4v) is 2.52. The Morgan fingerprint density at radius 3 is 2.50 bits per heavy atom. The summed E-state index contributed by atoms with van der Waals surface area (Å²) in [5, 5.41) is 13.3. The van der Waals surface area contributed by atoms with Crippen molar-refractivity contribution in [2.45, 2.75) is 13.5 Å². The molecule has 26 heavy (non-hydrogen) atoms. The largest absolute Gasteiger partial charge is 0.494 e. The lowest BCUT2D eigenvalue weighted by Gasteiger charge is -2.17. The van der Waals surface area contributed by atoms with Crippen LogP contribution in [0.1, 0.15) is 12.5 Å². The number of benzene rings is 2. The Hall–Kier alpha value is -3.00. The SMILES string of the molecule is CC[NH+](CC(=O)Nc1ccc([N+](=O)[O-])cc1)Cc1ccc(OC)c(F)c1. The van der Waals surface area contributed by atoms with Crippen molar-refractivity contribution in [2.24, 2.45) is 0 Å². The van der Waals surface area contributed by atoms with Crippen molar-refractivity contribution in [3.63, 3.8) is 0 Å². The molecule has 0 heterocycles. The summed E-state index contributed by atoms with van der Waals surface area (Å²) in [4.78, 5) is 23.3. The number of non-ortho nitro benzene ring substituents is 1. The molecule has 2 rings (SSSR count). The van der Waals surface area contributed by atoms with E-state index in [4.69, 9.17) is 4.74 Å². The van der Waals surface area contributed by atoms with E-state index < -0.39 is 10.7 Å². The van der Waals surface area contributed by atoms with E-state index in [-0.39, 0.29) is 23.9 Å². The maximum absolute atomic E-state index is 13.8. The Bertz CT molecular complexity index is 781. The number of halogens is 1. The molecule has 0 saturated heterocycles. The van der Waals surface area contributed by atoms with Gasteiger partial charge in [-0.25, -0.2) is 4.39 Å². The fourth-order valence-electron chi connectivity index (χ4n) is 2.52. The maximum Gasteiger partial charge on any atom is 0.279 e. The molecule has 0 aliphatic carbocycles. The van der Waals surface area contributed by atoms with Crippen molar-refractivity contribution in [2.75, 3.05) is 25.5 Å². The van der Waals surface area contributed by atoms with Crippen LogP contribution in [0.2, 0.25) is 0 Å². The molecule has 138 valence electrons. The number of nitro benzene ring substituents is 1. The number of rotatable bonds is 8. The van der Waals surface area contributed by atoms with Gasteiger partial charge in [-0.05, 0) is 37.3 Å². The van der Waals surface area contributed by atoms with Crippen LogP contribution >= 0.6 is 0 Å². The summed E-state index contributed by atoms with van der Waals surface area (Å²) >= 11 is 0. The molecule has 8 heteroatoms. The number of nitrogens with zero attached hydrogens (tertiary/aromatic N) is 1. The van der Waals surface area contributed by atoms with Gasteiger partial charge in [-0.15, -0.1) is 0 Å². The Kier molecular flexibility index (Phi) is 6.62.